The lowest BCUT2D eigenvalue weighted by atomic mass is 10.1. The average Bonchev–Trinajstić information content (AvgIpc) is 2.43. The van der Waals surface area contributed by atoms with Crippen molar-refractivity contribution >= 4 is 23.2 Å². The van der Waals surface area contributed by atoms with E-state index in [0.717, 1.165) is 5.56 Å². The van der Waals surface area contributed by atoms with Gasteiger partial charge >= 0.3 is 0 Å². The fourth-order valence-electron chi connectivity index (χ4n) is 1.85. The van der Waals surface area contributed by atoms with Crippen LogP contribution >= 0.6 is 11.6 Å². The summed E-state index contributed by atoms with van der Waals surface area (Å²) >= 11 is 5.85. The first-order valence-corrected chi connectivity index (χ1v) is 6.43. The first kappa shape index (κ1) is 14.2. The summed E-state index contributed by atoms with van der Waals surface area (Å²) in [6.07, 6.45) is 0. The van der Waals surface area contributed by atoms with E-state index < -0.39 is 0 Å². The number of halogens is 1. The summed E-state index contributed by atoms with van der Waals surface area (Å²) in [7, 11) is 1.67. The van der Waals surface area contributed by atoms with Crippen molar-refractivity contribution in [3.05, 3.63) is 58.6 Å². The summed E-state index contributed by atoms with van der Waals surface area (Å²) in [5.74, 6) is -0.370. The van der Waals surface area contributed by atoms with Gasteiger partial charge in [-0.05, 0) is 35.9 Å². The number of nitrogens with zero attached hydrogens (tertiary/aromatic N) is 1. The lowest BCUT2D eigenvalue weighted by Gasteiger charge is -2.18. The van der Waals surface area contributed by atoms with Gasteiger partial charge < -0.3 is 15.7 Å². The predicted octanol–water partition coefficient (Wildman–Crippen LogP) is 2.90. The van der Waals surface area contributed by atoms with Gasteiger partial charge in [-0.15, -0.1) is 0 Å². The molecule has 0 aromatic heterocycles. The molecule has 2 aromatic rings. The summed E-state index contributed by atoms with van der Waals surface area (Å²) in [6.45, 7) is 0.422. The molecule has 0 bridgehead atoms. The predicted molar refractivity (Wildman–Crippen MR) is 79.8 cm³/mol. The molecule has 0 saturated carbocycles. The Balaban J connectivity index is 2.16. The number of hydrogen-bond donors (Lipinski definition) is 2. The Morgan fingerprint density at radius 2 is 1.90 bits per heavy atom. The number of aromatic hydroxyl groups is 1. The molecule has 0 heterocycles. The number of hydrogen-bond acceptors (Lipinski definition) is 3. The van der Waals surface area contributed by atoms with E-state index in [4.69, 9.17) is 17.3 Å². The van der Waals surface area contributed by atoms with E-state index in [0.29, 0.717) is 17.3 Å². The molecule has 5 heteroatoms. The maximum absolute atomic E-state index is 12.3. The fraction of sp³-hybridized carbons (Fsp3) is 0.133. The minimum Gasteiger partial charge on any atom is -0.507 e. The van der Waals surface area contributed by atoms with Crippen LogP contribution in [0.3, 0.4) is 0 Å². The number of carbonyl (C=O) groups is 1. The molecule has 104 valence electrons. The van der Waals surface area contributed by atoms with E-state index in [1.54, 1.807) is 19.2 Å². The first-order valence-electron chi connectivity index (χ1n) is 6.06. The van der Waals surface area contributed by atoms with Crippen molar-refractivity contribution in [2.24, 2.45) is 0 Å². The molecule has 20 heavy (non-hydrogen) atoms. The van der Waals surface area contributed by atoms with Gasteiger partial charge in [0.1, 0.15) is 5.75 Å². The molecule has 0 saturated heterocycles. The van der Waals surface area contributed by atoms with Crippen LogP contribution in [0, 0.1) is 0 Å². The second-order valence-corrected chi connectivity index (χ2v) is 5.00. The number of benzene rings is 2. The Morgan fingerprint density at radius 1 is 1.25 bits per heavy atom. The van der Waals surface area contributed by atoms with Gasteiger partial charge in [0.2, 0.25) is 0 Å². The smallest absolute Gasteiger partial charge is 0.257 e. The third-order valence-electron chi connectivity index (χ3n) is 2.94. The van der Waals surface area contributed by atoms with E-state index in [9.17, 15) is 9.90 Å². The van der Waals surface area contributed by atoms with Crippen molar-refractivity contribution < 1.29 is 9.90 Å². The Hall–Kier alpha value is -2.20. The van der Waals surface area contributed by atoms with Crippen molar-refractivity contribution in [1.82, 2.24) is 4.90 Å². The van der Waals surface area contributed by atoms with Gasteiger partial charge in [-0.3, -0.25) is 4.79 Å². The second kappa shape index (κ2) is 5.84. The quantitative estimate of drug-likeness (QED) is 0.854. The Morgan fingerprint density at radius 3 is 2.55 bits per heavy atom. The van der Waals surface area contributed by atoms with Gasteiger partial charge in [-0.1, -0.05) is 23.7 Å². The number of nitrogen functional groups attached to an aromatic ring is 1. The number of phenols is 1. The van der Waals surface area contributed by atoms with Gasteiger partial charge in [-0.25, -0.2) is 0 Å². The standard InChI is InChI=1S/C15H15ClN2O2/c1-18(9-10-2-5-12(17)6-3-10)15(20)13-8-11(16)4-7-14(13)19/h2-8,19H,9,17H2,1H3. The molecule has 0 spiro atoms. The SMILES string of the molecule is CN(Cc1ccc(N)cc1)C(=O)c1cc(Cl)ccc1O. The highest BCUT2D eigenvalue weighted by Crippen LogP contribution is 2.23. The van der Waals surface area contributed by atoms with Crippen LogP contribution in [0.5, 0.6) is 5.75 Å². The molecule has 1 amide bonds. The molecule has 0 unspecified atom stereocenters. The number of phenolic OH excluding ortho intramolecular Hbond substituents is 1. The van der Waals surface area contributed by atoms with E-state index in [1.165, 1.54) is 23.1 Å². The summed E-state index contributed by atoms with van der Waals surface area (Å²) in [6, 6.07) is 11.7. The zero-order valence-corrected chi connectivity index (χ0v) is 11.8. The molecule has 0 aliphatic rings. The van der Waals surface area contributed by atoms with E-state index >= 15 is 0 Å². The third-order valence-corrected chi connectivity index (χ3v) is 3.17. The topological polar surface area (TPSA) is 66.6 Å². The second-order valence-electron chi connectivity index (χ2n) is 4.56. The largest absolute Gasteiger partial charge is 0.507 e. The summed E-state index contributed by atoms with van der Waals surface area (Å²) in [5, 5.41) is 10.1. The first-order chi connectivity index (χ1) is 9.47. The highest BCUT2D eigenvalue weighted by atomic mass is 35.5. The molecule has 0 atom stereocenters. The molecule has 0 aliphatic carbocycles. The molecular formula is C15H15ClN2O2. The van der Waals surface area contributed by atoms with Crippen molar-refractivity contribution in [2.75, 3.05) is 12.8 Å². The molecule has 2 rings (SSSR count). The van der Waals surface area contributed by atoms with Crippen LogP contribution in [-0.2, 0) is 6.54 Å². The van der Waals surface area contributed by atoms with Gasteiger partial charge in [0.25, 0.3) is 5.91 Å². The molecule has 3 N–H and O–H groups in total. The van der Waals surface area contributed by atoms with E-state index in [-0.39, 0.29) is 17.2 Å². The molecule has 0 fully saturated rings. The van der Waals surface area contributed by atoms with Crippen LogP contribution in [0.1, 0.15) is 15.9 Å². The van der Waals surface area contributed by atoms with Crippen molar-refractivity contribution in [1.29, 1.82) is 0 Å². The fourth-order valence-corrected chi connectivity index (χ4v) is 2.03. The van der Waals surface area contributed by atoms with Crippen LogP contribution in [0.15, 0.2) is 42.5 Å². The zero-order chi connectivity index (χ0) is 14.7. The van der Waals surface area contributed by atoms with E-state index in [1.807, 2.05) is 12.1 Å². The van der Waals surface area contributed by atoms with Crippen LogP contribution in [0.4, 0.5) is 5.69 Å². The van der Waals surface area contributed by atoms with Gasteiger partial charge in [0.05, 0.1) is 5.56 Å². The monoisotopic (exact) mass is 290 g/mol. The maximum Gasteiger partial charge on any atom is 0.257 e. The minimum absolute atomic E-state index is 0.0800. The summed E-state index contributed by atoms with van der Waals surface area (Å²) in [4.78, 5) is 13.8. The Labute approximate surface area is 122 Å². The van der Waals surface area contributed by atoms with Gasteiger partial charge in [0.15, 0.2) is 0 Å². The summed E-state index contributed by atoms with van der Waals surface area (Å²) in [5.41, 5.74) is 7.44. The normalized spacial score (nSPS) is 10.3. The zero-order valence-electron chi connectivity index (χ0n) is 11.0. The molecule has 2 aromatic carbocycles. The van der Waals surface area contributed by atoms with Crippen LogP contribution in [0.25, 0.3) is 0 Å². The molecule has 0 aliphatic heterocycles. The van der Waals surface area contributed by atoms with Crippen LogP contribution in [-0.4, -0.2) is 23.0 Å². The highest BCUT2D eigenvalue weighted by Gasteiger charge is 2.16. The Kier molecular flexibility index (Phi) is 4.15. The number of rotatable bonds is 3. The Bertz CT molecular complexity index is 626. The van der Waals surface area contributed by atoms with Crippen molar-refractivity contribution in [3.8, 4) is 5.75 Å². The average molecular weight is 291 g/mol. The van der Waals surface area contributed by atoms with Gasteiger partial charge in [-0.2, -0.15) is 0 Å². The summed E-state index contributed by atoms with van der Waals surface area (Å²) < 4.78 is 0. The van der Waals surface area contributed by atoms with Crippen LogP contribution in [0.2, 0.25) is 5.02 Å². The number of amides is 1. The van der Waals surface area contributed by atoms with Crippen LogP contribution < -0.4 is 5.73 Å². The lowest BCUT2D eigenvalue weighted by molar-refractivity contribution is 0.0782. The highest BCUT2D eigenvalue weighted by molar-refractivity contribution is 6.31. The number of carbonyl (C=O) groups excluding carboxylic acids is 1. The number of anilines is 1. The van der Waals surface area contributed by atoms with Crippen molar-refractivity contribution in [3.63, 3.8) is 0 Å². The minimum atomic E-state index is -0.290. The molecule has 0 radical (unpaired) electrons. The van der Waals surface area contributed by atoms with Crippen molar-refractivity contribution in [2.45, 2.75) is 6.54 Å². The molecular weight excluding hydrogens is 276 g/mol. The maximum atomic E-state index is 12.3. The third kappa shape index (κ3) is 3.22. The lowest BCUT2D eigenvalue weighted by Crippen LogP contribution is -2.26. The molecule has 4 nitrogen and oxygen atoms in total. The van der Waals surface area contributed by atoms with Gasteiger partial charge in [0, 0.05) is 24.3 Å². The number of nitrogens with two attached hydrogens (primary N) is 1. The van der Waals surface area contributed by atoms with E-state index in [2.05, 4.69) is 0 Å².